The van der Waals surface area contributed by atoms with E-state index in [1.165, 1.54) is 15.8 Å². The molecule has 2 nitrogen and oxygen atoms in total. The summed E-state index contributed by atoms with van der Waals surface area (Å²) >= 11 is 1.77. The number of thiazole rings is 1. The normalized spacial score (nSPS) is 12.7. The van der Waals surface area contributed by atoms with Gasteiger partial charge in [-0.05, 0) is 37.1 Å². The van der Waals surface area contributed by atoms with Crippen molar-refractivity contribution in [3.8, 4) is 0 Å². The highest BCUT2D eigenvalue weighted by Crippen LogP contribution is 2.22. The summed E-state index contributed by atoms with van der Waals surface area (Å²) in [6.45, 7) is 5.18. The number of benzene rings is 2. The van der Waals surface area contributed by atoms with E-state index in [2.05, 4.69) is 66.6 Å². The Morgan fingerprint density at radius 1 is 1.10 bits per heavy atom. The van der Waals surface area contributed by atoms with E-state index in [0.717, 1.165) is 17.1 Å². The summed E-state index contributed by atoms with van der Waals surface area (Å²) in [5.74, 6) is 0. The zero-order valence-corrected chi connectivity index (χ0v) is 12.6. The molecule has 20 heavy (non-hydrogen) atoms. The van der Waals surface area contributed by atoms with E-state index in [1.54, 1.807) is 11.3 Å². The third kappa shape index (κ3) is 2.74. The fourth-order valence-electron chi connectivity index (χ4n) is 2.42. The van der Waals surface area contributed by atoms with Gasteiger partial charge in [0.2, 0.25) is 0 Å². The molecule has 0 saturated heterocycles. The van der Waals surface area contributed by atoms with Gasteiger partial charge in [-0.2, -0.15) is 0 Å². The molecule has 2 aromatic carbocycles. The molecule has 1 heterocycles. The smallest absolute Gasteiger partial charge is 0.108 e. The van der Waals surface area contributed by atoms with Crippen LogP contribution < -0.4 is 5.32 Å². The lowest BCUT2D eigenvalue weighted by Crippen LogP contribution is -2.18. The first-order valence-corrected chi connectivity index (χ1v) is 7.69. The first-order chi connectivity index (χ1) is 9.74. The van der Waals surface area contributed by atoms with Gasteiger partial charge < -0.3 is 5.32 Å². The van der Waals surface area contributed by atoms with Crippen molar-refractivity contribution in [2.24, 2.45) is 0 Å². The second-order valence-electron chi connectivity index (χ2n) is 5.03. The van der Waals surface area contributed by atoms with Crippen molar-refractivity contribution in [2.45, 2.75) is 26.4 Å². The van der Waals surface area contributed by atoms with Crippen LogP contribution in [0.4, 0.5) is 0 Å². The van der Waals surface area contributed by atoms with Crippen molar-refractivity contribution in [1.82, 2.24) is 10.3 Å². The molecule has 0 spiro atoms. The van der Waals surface area contributed by atoms with Gasteiger partial charge in [-0.1, -0.05) is 36.4 Å². The third-order valence-electron chi connectivity index (χ3n) is 3.55. The summed E-state index contributed by atoms with van der Waals surface area (Å²) in [6.07, 6.45) is 0. The number of aromatic nitrogens is 1. The lowest BCUT2D eigenvalue weighted by molar-refractivity contribution is 0.571. The summed E-state index contributed by atoms with van der Waals surface area (Å²) in [4.78, 5) is 4.66. The highest BCUT2D eigenvalue weighted by Gasteiger charge is 2.09. The zero-order chi connectivity index (χ0) is 13.9. The highest BCUT2D eigenvalue weighted by molar-refractivity contribution is 7.18. The first kappa shape index (κ1) is 13.3. The molecule has 1 atom stereocenters. The summed E-state index contributed by atoms with van der Waals surface area (Å²) in [6, 6.07) is 17.2. The van der Waals surface area contributed by atoms with Gasteiger partial charge in [-0.25, -0.2) is 4.98 Å². The van der Waals surface area contributed by atoms with Crippen molar-refractivity contribution < 1.29 is 0 Å². The number of rotatable bonds is 4. The molecule has 0 aliphatic carbocycles. The van der Waals surface area contributed by atoms with Crippen LogP contribution in [0.25, 0.3) is 10.2 Å². The fraction of sp³-hybridized carbons (Fsp3) is 0.235. The molecule has 1 unspecified atom stereocenters. The Kier molecular flexibility index (Phi) is 3.81. The molecule has 0 aliphatic rings. The maximum absolute atomic E-state index is 4.66. The Morgan fingerprint density at radius 3 is 2.65 bits per heavy atom. The van der Waals surface area contributed by atoms with Crippen LogP contribution in [0.5, 0.6) is 0 Å². The summed E-state index contributed by atoms with van der Waals surface area (Å²) < 4.78 is 1.26. The SMILES string of the molecule is Cc1ccccc1C(C)NCc1nc2ccccc2s1. The molecule has 0 saturated carbocycles. The molecule has 0 bridgehead atoms. The predicted octanol–water partition coefficient (Wildman–Crippen LogP) is 4.46. The van der Waals surface area contributed by atoms with Crippen molar-refractivity contribution in [2.75, 3.05) is 0 Å². The molecule has 0 aliphatic heterocycles. The summed E-state index contributed by atoms with van der Waals surface area (Å²) in [7, 11) is 0. The van der Waals surface area contributed by atoms with Gasteiger partial charge in [0.15, 0.2) is 0 Å². The molecular formula is C17H18N2S. The lowest BCUT2D eigenvalue weighted by Gasteiger charge is -2.15. The topological polar surface area (TPSA) is 24.9 Å². The van der Waals surface area contributed by atoms with Crippen molar-refractivity contribution in [3.05, 3.63) is 64.7 Å². The number of nitrogens with one attached hydrogen (secondary N) is 1. The molecule has 0 amide bonds. The van der Waals surface area contributed by atoms with Crippen LogP contribution in [0.3, 0.4) is 0 Å². The van der Waals surface area contributed by atoms with Crippen LogP contribution in [0.2, 0.25) is 0 Å². The molecule has 3 aromatic rings. The highest BCUT2D eigenvalue weighted by atomic mass is 32.1. The Balaban J connectivity index is 1.71. The van der Waals surface area contributed by atoms with Crippen LogP contribution in [-0.4, -0.2) is 4.98 Å². The minimum atomic E-state index is 0.336. The van der Waals surface area contributed by atoms with E-state index in [0.29, 0.717) is 6.04 Å². The van der Waals surface area contributed by atoms with Crippen molar-refractivity contribution in [3.63, 3.8) is 0 Å². The standard InChI is InChI=1S/C17H18N2S/c1-12-7-3-4-8-14(12)13(2)18-11-17-19-15-9-5-6-10-16(15)20-17/h3-10,13,18H,11H2,1-2H3. The maximum atomic E-state index is 4.66. The van der Waals surface area contributed by atoms with Crippen LogP contribution in [-0.2, 0) is 6.54 Å². The number of fused-ring (bicyclic) bond motifs is 1. The summed E-state index contributed by atoms with van der Waals surface area (Å²) in [5.41, 5.74) is 3.78. The van der Waals surface area contributed by atoms with Gasteiger partial charge in [-0.15, -0.1) is 11.3 Å². The first-order valence-electron chi connectivity index (χ1n) is 6.87. The number of hydrogen-bond acceptors (Lipinski definition) is 3. The third-order valence-corrected chi connectivity index (χ3v) is 4.59. The Morgan fingerprint density at radius 2 is 1.85 bits per heavy atom. The number of nitrogens with zero attached hydrogens (tertiary/aromatic N) is 1. The van der Waals surface area contributed by atoms with Gasteiger partial charge in [0.1, 0.15) is 5.01 Å². The van der Waals surface area contributed by atoms with Gasteiger partial charge in [-0.3, -0.25) is 0 Å². The monoisotopic (exact) mass is 282 g/mol. The predicted molar refractivity (Wildman–Crippen MR) is 86.1 cm³/mol. The molecule has 3 rings (SSSR count). The maximum Gasteiger partial charge on any atom is 0.108 e. The van der Waals surface area contributed by atoms with E-state index in [1.807, 2.05) is 6.07 Å². The minimum absolute atomic E-state index is 0.336. The number of para-hydroxylation sites is 1. The minimum Gasteiger partial charge on any atom is -0.304 e. The molecule has 1 N–H and O–H groups in total. The van der Waals surface area contributed by atoms with Gasteiger partial charge in [0.05, 0.1) is 10.2 Å². The Bertz CT molecular complexity index is 685. The molecule has 1 aromatic heterocycles. The Hall–Kier alpha value is -1.71. The van der Waals surface area contributed by atoms with Crippen molar-refractivity contribution in [1.29, 1.82) is 0 Å². The van der Waals surface area contributed by atoms with Crippen LogP contribution >= 0.6 is 11.3 Å². The molecule has 3 heteroatoms. The van der Waals surface area contributed by atoms with E-state index in [-0.39, 0.29) is 0 Å². The van der Waals surface area contributed by atoms with Crippen molar-refractivity contribution >= 4 is 21.6 Å². The Labute approximate surface area is 123 Å². The van der Waals surface area contributed by atoms with Crippen LogP contribution in [0, 0.1) is 6.92 Å². The van der Waals surface area contributed by atoms with E-state index in [4.69, 9.17) is 0 Å². The average Bonchev–Trinajstić information content (AvgIpc) is 2.88. The quantitative estimate of drug-likeness (QED) is 0.764. The van der Waals surface area contributed by atoms with Gasteiger partial charge in [0.25, 0.3) is 0 Å². The van der Waals surface area contributed by atoms with Crippen LogP contribution in [0.1, 0.15) is 29.1 Å². The second-order valence-corrected chi connectivity index (χ2v) is 6.15. The van der Waals surface area contributed by atoms with Crippen LogP contribution in [0.15, 0.2) is 48.5 Å². The fourth-order valence-corrected chi connectivity index (χ4v) is 3.34. The molecule has 0 radical (unpaired) electrons. The summed E-state index contributed by atoms with van der Waals surface area (Å²) in [5, 5.41) is 4.71. The largest absolute Gasteiger partial charge is 0.304 e. The zero-order valence-electron chi connectivity index (χ0n) is 11.8. The average molecular weight is 282 g/mol. The van der Waals surface area contributed by atoms with E-state index in [9.17, 15) is 0 Å². The number of hydrogen-bond donors (Lipinski definition) is 1. The molecule has 102 valence electrons. The van der Waals surface area contributed by atoms with E-state index < -0.39 is 0 Å². The second kappa shape index (κ2) is 5.73. The lowest BCUT2D eigenvalue weighted by atomic mass is 10.0. The van der Waals surface area contributed by atoms with Gasteiger partial charge in [0, 0.05) is 12.6 Å². The molecule has 0 fully saturated rings. The number of aryl methyl sites for hydroxylation is 1. The van der Waals surface area contributed by atoms with Gasteiger partial charge >= 0.3 is 0 Å². The molecular weight excluding hydrogens is 264 g/mol. The van der Waals surface area contributed by atoms with E-state index >= 15 is 0 Å².